The molecule has 7 heteroatoms. The Kier molecular flexibility index (Phi) is 7.45. The molecule has 2 rings (SSSR count). The molecule has 3 nitrogen and oxygen atoms in total. The van der Waals surface area contributed by atoms with Crippen LogP contribution in [-0.4, -0.2) is 23.1 Å². The van der Waals surface area contributed by atoms with E-state index in [0.717, 1.165) is 31.8 Å². The van der Waals surface area contributed by atoms with Crippen LogP contribution in [0.25, 0.3) is 0 Å². The van der Waals surface area contributed by atoms with Crippen molar-refractivity contribution in [2.45, 2.75) is 18.8 Å². The Morgan fingerprint density at radius 2 is 1.73 bits per heavy atom. The van der Waals surface area contributed by atoms with Crippen molar-refractivity contribution < 1.29 is 0 Å². The summed E-state index contributed by atoms with van der Waals surface area (Å²) in [5.41, 5.74) is 0. The van der Waals surface area contributed by atoms with E-state index >= 15 is 0 Å². The fraction of sp³-hybridized carbons (Fsp3) is 0.625. The summed E-state index contributed by atoms with van der Waals surface area (Å²) in [5, 5.41) is 4.14. The highest BCUT2D eigenvalue weighted by Gasteiger charge is 2.19. The molecule has 0 atom stereocenters. The maximum Gasteiger partial charge on any atom is 0.166 e. The number of aromatic nitrogens is 2. The van der Waals surface area contributed by atoms with Crippen LogP contribution in [0.15, 0.2) is 0 Å². The lowest BCUT2D eigenvalue weighted by Gasteiger charge is -2.20. The van der Waals surface area contributed by atoms with Gasteiger partial charge in [0.05, 0.1) is 0 Å². The molecule has 2 heterocycles. The van der Waals surface area contributed by atoms with Gasteiger partial charge in [-0.05, 0) is 25.9 Å². The summed E-state index contributed by atoms with van der Waals surface area (Å²) in [6.45, 7) is 2.08. The van der Waals surface area contributed by atoms with Gasteiger partial charge < -0.3 is 10.3 Å². The molecular formula is C8H13Br2Cl2N3. The predicted octanol–water partition coefficient (Wildman–Crippen LogP) is 3.34. The number of nitrogens with zero attached hydrogens (tertiary/aromatic N) is 1. The summed E-state index contributed by atoms with van der Waals surface area (Å²) in [6, 6.07) is 0. The van der Waals surface area contributed by atoms with Gasteiger partial charge >= 0.3 is 0 Å². The van der Waals surface area contributed by atoms with Crippen LogP contribution in [0, 0.1) is 0 Å². The first-order chi connectivity index (χ1) is 6.27. The Morgan fingerprint density at radius 3 is 2.20 bits per heavy atom. The number of piperidine rings is 1. The highest BCUT2D eigenvalue weighted by atomic mass is 79.9. The summed E-state index contributed by atoms with van der Waals surface area (Å²) >= 11 is 11.5. The van der Waals surface area contributed by atoms with E-state index in [1.807, 2.05) is 0 Å². The summed E-state index contributed by atoms with van der Waals surface area (Å²) < 4.78 is 0. The second-order valence-corrected chi connectivity index (χ2v) is 3.99. The van der Waals surface area contributed by atoms with Crippen LogP contribution in [0.3, 0.4) is 0 Å². The first-order valence-electron chi connectivity index (χ1n) is 4.39. The quantitative estimate of drug-likeness (QED) is 0.783. The Balaban J connectivity index is 0.000000980. The van der Waals surface area contributed by atoms with Crippen molar-refractivity contribution in [3.63, 3.8) is 0 Å². The second kappa shape index (κ2) is 7.12. The third kappa shape index (κ3) is 3.89. The van der Waals surface area contributed by atoms with Crippen molar-refractivity contribution in [1.29, 1.82) is 0 Å². The summed E-state index contributed by atoms with van der Waals surface area (Å²) in [7, 11) is 0. The fourth-order valence-corrected chi connectivity index (χ4v) is 1.91. The molecule has 0 bridgehead atoms. The van der Waals surface area contributed by atoms with E-state index in [4.69, 9.17) is 23.2 Å². The molecule has 88 valence electrons. The molecule has 0 amide bonds. The molecule has 0 unspecified atom stereocenters. The van der Waals surface area contributed by atoms with Gasteiger partial charge in [-0.2, -0.15) is 0 Å². The molecule has 2 N–H and O–H groups in total. The average molecular weight is 382 g/mol. The third-order valence-electron chi connectivity index (χ3n) is 2.36. The minimum atomic E-state index is 0. The van der Waals surface area contributed by atoms with Gasteiger partial charge in [-0.25, -0.2) is 4.98 Å². The molecule has 1 aliphatic rings. The minimum Gasteiger partial charge on any atom is -0.332 e. The van der Waals surface area contributed by atoms with Crippen molar-refractivity contribution in [1.82, 2.24) is 15.3 Å². The lowest BCUT2D eigenvalue weighted by atomic mass is 9.98. The average Bonchev–Trinajstić information content (AvgIpc) is 2.49. The maximum atomic E-state index is 5.78. The predicted molar refractivity (Wildman–Crippen MR) is 74.1 cm³/mol. The van der Waals surface area contributed by atoms with Crippen LogP contribution in [-0.2, 0) is 0 Å². The zero-order valence-electron chi connectivity index (χ0n) is 7.93. The molecule has 0 aromatic carbocycles. The van der Waals surface area contributed by atoms with E-state index < -0.39 is 0 Å². The first-order valence-corrected chi connectivity index (χ1v) is 5.14. The highest BCUT2D eigenvalue weighted by Crippen LogP contribution is 2.27. The summed E-state index contributed by atoms with van der Waals surface area (Å²) in [6.07, 6.45) is 2.19. The van der Waals surface area contributed by atoms with Crippen molar-refractivity contribution in [2.75, 3.05) is 13.1 Å². The number of hydrogen-bond acceptors (Lipinski definition) is 2. The second-order valence-electron chi connectivity index (χ2n) is 3.25. The van der Waals surface area contributed by atoms with Crippen LogP contribution in [0.4, 0.5) is 0 Å². The number of halogens is 4. The van der Waals surface area contributed by atoms with Gasteiger partial charge in [0, 0.05) is 5.92 Å². The smallest absolute Gasteiger partial charge is 0.166 e. The maximum absolute atomic E-state index is 5.78. The normalized spacial score (nSPS) is 16.7. The molecule has 1 fully saturated rings. The minimum absolute atomic E-state index is 0. The molecule has 1 aromatic heterocycles. The van der Waals surface area contributed by atoms with Crippen molar-refractivity contribution >= 4 is 57.2 Å². The van der Waals surface area contributed by atoms with Gasteiger partial charge in [0.25, 0.3) is 0 Å². The third-order valence-corrected chi connectivity index (χ3v) is 3.01. The van der Waals surface area contributed by atoms with Crippen LogP contribution in [0.2, 0.25) is 10.3 Å². The molecular weight excluding hydrogens is 369 g/mol. The van der Waals surface area contributed by atoms with E-state index in [9.17, 15) is 0 Å². The molecule has 0 aliphatic carbocycles. The summed E-state index contributed by atoms with van der Waals surface area (Å²) in [5.74, 6) is 1.41. The number of imidazole rings is 1. The fourth-order valence-electron chi connectivity index (χ4n) is 1.64. The zero-order valence-corrected chi connectivity index (χ0v) is 12.9. The molecule has 0 saturated carbocycles. The largest absolute Gasteiger partial charge is 0.332 e. The van der Waals surface area contributed by atoms with Crippen LogP contribution in [0.5, 0.6) is 0 Å². The van der Waals surface area contributed by atoms with Gasteiger partial charge in [0.1, 0.15) is 11.0 Å². The topological polar surface area (TPSA) is 40.7 Å². The highest BCUT2D eigenvalue weighted by molar-refractivity contribution is 8.93. The SMILES string of the molecule is Br.Br.Clc1nc(C2CCNCC2)[nH]c1Cl. The van der Waals surface area contributed by atoms with E-state index in [1.165, 1.54) is 0 Å². The molecule has 1 aromatic rings. The van der Waals surface area contributed by atoms with Crippen LogP contribution >= 0.6 is 57.2 Å². The Labute approximate surface area is 120 Å². The van der Waals surface area contributed by atoms with Gasteiger partial charge in [-0.15, -0.1) is 34.0 Å². The number of nitrogens with one attached hydrogen (secondary N) is 2. The lowest BCUT2D eigenvalue weighted by molar-refractivity contribution is 0.447. The summed E-state index contributed by atoms with van der Waals surface area (Å²) in [4.78, 5) is 7.19. The van der Waals surface area contributed by atoms with Gasteiger partial charge in [-0.3, -0.25) is 0 Å². The number of aromatic amines is 1. The van der Waals surface area contributed by atoms with E-state index in [1.54, 1.807) is 0 Å². The van der Waals surface area contributed by atoms with E-state index in [-0.39, 0.29) is 34.0 Å². The monoisotopic (exact) mass is 379 g/mol. The first kappa shape index (κ1) is 15.7. The molecule has 15 heavy (non-hydrogen) atoms. The van der Waals surface area contributed by atoms with Crippen molar-refractivity contribution in [2.24, 2.45) is 0 Å². The number of rotatable bonds is 1. The standard InChI is InChI=1S/C8H11Cl2N3.2BrH/c9-6-7(10)13-8(12-6)5-1-3-11-4-2-5;;/h5,11H,1-4H2,(H,12,13);2*1H. The van der Waals surface area contributed by atoms with Gasteiger partial charge in [0.15, 0.2) is 5.15 Å². The Bertz CT molecular complexity index is 281. The van der Waals surface area contributed by atoms with Gasteiger partial charge in [-0.1, -0.05) is 23.2 Å². The van der Waals surface area contributed by atoms with Gasteiger partial charge in [0.2, 0.25) is 0 Å². The number of H-pyrrole nitrogens is 1. The van der Waals surface area contributed by atoms with Crippen LogP contribution in [0.1, 0.15) is 24.6 Å². The molecule has 0 spiro atoms. The van der Waals surface area contributed by atoms with E-state index in [2.05, 4.69) is 15.3 Å². The Morgan fingerprint density at radius 1 is 1.13 bits per heavy atom. The zero-order chi connectivity index (χ0) is 9.26. The lowest BCUT2D eigenvalue weighted by Crippen LogP contribution is -2.27. The van der Waals surface area contributed by atoms with Crippen molar-refractivity contribution in [3.05, 3.63) is 16.1 Å². The van der Waals surface area contributed by atoms with Crippen molar-refractivity contribution in [3.8, 4) is 0 Å². The molecule has 1 saturated heterocycles. The molecule has 0 radical (unpaired) electrons. The molecule has 1 aliphatic heterocycles. The Hall–Kier alpha value is 0.710. The number of hydrogen-bond donors (Lipinski definition) is 2. The van der Waals surface area contributed by atoms with Crippen LogP contribution < -0.4 is 5.32 Å². The van der Waals surface area contributed by atoms with E-state index in [0.29, 0.717) is 16.2 Å².